The van der Waals surface area contributed by atoms with E-state index in [1.165, 1.54) is 18.2 Å². The molecule has 0 aromatic carbocycles. The Kier molecular flexibility index (Phi) is 6.35. The molecule has 2 aromatic rings. The van der Waals surface area contributed by atoms with Crippen LogP contribution in [0.3, 0.4) is 0 Å². The van der Waals surface area contributed by atoms with Gasteiger partial charge in [0.15, 0.2) is 0 Å². The Morgan fingerprint density at radius 3 is 2.74 bits per heavy atom. The number of rotatable bonds is 7. The number of nitrogens with zero attached hydrogens (tertiary/aromatic N) is 8. The summed E-state index contributed by atoms with van der Waals surface area (Å²) in [6.07, 6.45) is 6.43. The molecule has 0 N–H and O–H groups in total. The molecular formula is C21H30N8OS. The Morgan fingerprint density at radius 2 is 1.97 bits per heavy atom. The number of hydrogen-bond acceptors (Lipinski definition) is 8. The third-order valence-corrected chi connectivity index (χ3v) is 7.33. The lowest BCUT2D eigenvalue weighted by molar-refractivity contribution is -0.130. The van der Waals surface area contributed by atoms with Crippen molar-refractivity contribution in [3.8, 4) is 0 Å². The fourth-order valence-electron chi connectivity index (χ4n) is 4.55. The van der Waals surface area contributed by atoms with Crippen LogP contribution in [0.1, 0.15) is 31.7 Å². The standard InChI is InChI=1S/C21H30N8OS/c30-20(16-31-21-23-24-25-29(21)18-6-7-18)28-9-3-4-17(15-28)14-26-10-12-27(13-11-26)19-5-1-2-8-22-19/h1-2,5,8,17-18H,3-4,6-7,9-16H2. The number of pyridine rings is 1. The summed E-state index contributed by atoms with van der Waals surface area (Å²) in [6, 6.07) is 6.53. The Balaban J connectivity index is 1.07. The molecule has 2 saturated heterocycles. The monoisotopic (exact) mass is 442 g/mol. The number of carbonyl (C=O) groups is 1. The molecule has 166 valence electrons. The number of aromatic nitrogens is 5. The third kappa shape index (κ3) is 5.17. The molecule has 0 radical (unpaired) electrons. The molecule has 10 heteroatoms. The number of hydrogen-bond donors (Lipinski definition) is 0. The number of thioether (sulfide) groups is 1. The first-order valence-corrected chi connectivity index (χ1v) is 12.3. The van der Waals surface area contributed by atoms with Crippen molar-refractivity contribution in [1.82, 2.24) is 35.0 Å². The van der Waals surface area contributed by atoms with E-state index >= 15 is 0 Å². The molecule has 1 saturated carbocycles. The molecule has 1 unspecified atom stereocenters. The van der Waals surface area contributed by atoms with Crippen molar-refractivity contribution in [3.05, 3.63) is 24.4 Å². The van der Waals surface area contributed by atoms with Gasteiger partial charge < -0.3 is 9.80 Å². The van der Waals surface area contributed by atoms with E-state index in [0.29, 0.717) is 17.7 Å². The minimum atomic E-state index is 0.208. The predicted molar refractivity (Wildman–Crippen MR) is 119 cm³/mol. The van der Waals surface area contributed by atoms with Gasteiger partial charge >= 0.3 is 0 Å². The van der Waals surface area contributed by atoms with Gasteiger partial charge in [-0.2, -0.15) is 0 Å². The zero-order valence-electron chi connectivity index (χ0n) is 17.8. The Labute approximate surface area is 187 Å². The quantitative estimate of drug-likeness (QED) is 0.598. The Hall–Kier alpha value is -2.20. The zero-order valence-corrected chi connectivity index (χ0v) is 18.7. The highest BCUT2D eigenvalue weighted by Crippen LogP contribution is 2.36. The zero-order chi connectivity index (χ0) is 21.0. The van der Waals surface area contributed by atoms with Crippen LogP contribution in [0, 0.1) is 5.92 Å². The molecule has 1 aliphatic carbocycles. The Morgan fingerprint density at radius 1 is 1.10 bits per heavy atom. The first kappa shape index (κ1) is 20.7. The fourth-order valence-corrected chi connectivity index (χ4v) is 5.40. The molecule has 0 bridgehead atoms. The molecule has 3 aliphatic rings. The number of tetrazole rings is 1. The van der Waals surface area contributed by atoms with Crippen molar-refractivity contribution in [1.29, 1.82) is 0 Å². The summed E-state index contributed by atoms with van der Waals surface area (Å²) in [5.74, 6) is 2.26. The summed E-state index contributed by atoms with van der Waals surface area (Å²) in [6.45, 7) is 6.95. The van der Waals surface area contributed by atoms with Crippen LogP contribution < -0.4 is 4.90 Å². The molecule has 9 nitrogen and oxygen atoms in total. The lowest BCUT2D eigenvalue weighted by atomic mass is 9.97. The van der Waals surface area contributed by atoms with Crippen molar-refractivity contribution in [2.45, 2.75) is 36.9 Å². The van der Waals surface area contributed by atoms with Crippen molar-refractivity contribution in [2.24, 2.45) is 5.92 Å². The summed E-state index contributed by atoms with van der Waals surface area (Å²) in [5, 5.41) is 12.7. The lowest BCUT2D eigenvalue weighted by Gasteiger charge is -2.39. The molecule has 1 atom stereocenters. The predicted octanol–water partition coefficient (Wildman–Crippen LogP) is 1.56. The largest absolute Gasteiger partial charge is 0.354 e. The van der Waals surface area contributed by atoms with Crippen LogP contribution in [0.4, 0.5) is 5.82 Å². The maximum Gasteiger partial charge on any atom is 0.233 e. The number of carbonyl (C=O) groups excluding carboxylic acids is 1. The fraction of sp³-hybridized carbons (Fsp3) is 0.667. The highest BCUT2D eigenvalue weighted by molar-refractivity contribution is 7.99. The van der Waals surface area contributed by atoms with Gasteiger partial charge in [-0.15, -0.1) is 5.10 Å². The van der Waals surface area contributed by atoms with E-state index in [1.807, 2.05) is 23.0 Å². The van der Waals surface area contributed by atoms with Gasteiger partial charge in [0.1, 0.15) is 5.82 Å². The second-order valence-corrected chi connectivity index (χ2v) is 9.69. The molecule has 3 fully saturated rings. The second-order valence-electron chi connectivity index (χ2n) is 8.75. The van der Waals surface area contributed by atoms with Crippen LogP contribution in [0.5, 0.6) is 0 Å². The molecular weight excluding hydrogens is 412 g/mol. The van der Waals surface area contributed by atoms with Gasteiger partial charge in [0.25, 0.3) is 0 Å². The number of piperidine rings is 1. The van der Waals surface area contributed by atoms with E-state index in [9.17, 15) is 4.79 Å². The van der Waals surface area contributed by atoms with Crippen molar-refractivity contribution >= 4 is 23.5 Å². The molecule has 2 aromatic heterocycles. The second kappa shape index (κ2) is 9.52. The van der Waals surface area contributed by atoms with Crippen LogP contribution in [-0.2, 0) is 4.79 Å². The molecule has 4 heterocycles. The summed E-state index contributed by atoms with van der Waals surface area (Å²) >= 11 is 1.47. The van der Waals surface area contributed by atoms with E-state index in [0.717, 1.165) is 76.1 Å². The molecule has 2 aliphatic heterocycles. The number of anilines is 1. The summed E-state index contributed by atoms with van der Waals surface area (Å²) in [5.41, 5.74) is 0. The Bertz CT molecular complexity index is 865. The number of piperazine rings is 1. The average Bonchev–Trinajstić information content (AvgIpc) is 3.56. The average molecular weight is 443 g/mol. The van der Waals surface area contributed by atoms with Crippen LogP contribution in [-0.4, -0.2) is 92.5 Å². The van der Waals surface area contributed by atoms with Gasteiger partial charge in [-0.05, 0) is 54.2 Å². The van der Waals surface area contributed by atoms with Gasteiger partial charge in [-0.25, -0.2) is 9.67 Å². The minimum absolute atomic E-state index is 0.208. The normalized spacial score (nSPS) is 22.6. The highest BCUT2D eigenvalue weighted by Gasteiger charge is 2.30. The van der Waals surface area contributed by atoms with Gasteiger partial charge in [-0.3, -0.25) is 9.69 Å². The topological polar surface area (TPSA) is 83.3 Å². The number of amides is 1. The van der Waals surface area contributed by atoms with Gasteiger partial charge in [0, 0.05) is 52.0 Å². The maximum atomic E-state index is 12.8. The van der Waals surface area contributed by atoms with Crippen LogP contribution in [0.15, 0.2) is 29.6 Å². The van der Waals surface area contributed by atoms with Crippen LogP contribution >= 0.6 is 11.8 Å². The maximum absolute atomic E-state index is 12.8. The van der Waals surface area contributed by atoms with E-state index < -0.39 is 0 Å². The van der Waals surface area contributed by atoms with E-state index in [-0.39, 0.29) is 5.91 Å². The first-order valence-electron chi connectivity index (χ1n) is 11.3. The smallest absolute Gasteiger partial charge is 0.233 e. The molecule has 5 rings (SSSR count). The van der Waals surface area contributed by atoms with Gasteiger partial charge in [0.05, 0.1) is 11.8 Å². The van der Waals surface area contributed by atoms with Crippen molar-refractivity contribution < 1.29 is 4.79 Å². The molecule has 0 spiro atoms. The first-order chi connectivity index (χ1) is 15.3. The van der Waals surface area contributed by atoms with Crippen LogP contribution in [0.2, 0.25) is 0 Å². The van der Waals surface area contributed by atoms with Gasteiger partial charge in [0.2, 0.25) is 11.1 Å². The minimum Gasteiger partial charge on any atom is -0.354 e. The van der Waals surface area contributed by atoms with E-state index in [1.54, 1.807) is 0 Å². The molecule has 31 heavy (non-hydrogen) atoms. The van der Waals surface area contributed by atoms with Crippen molar-refractivity contribution in [3.63, 3.8) is 0 Å². The summed E-state index contributed by atoms with van der Waals surface area (Å²) in [7, 11) is 0. The third-order valence-electron chi connectivity index (χ3n) is 6.41. The number of likely N-dealkylation sites (tertiary alicyclic amines) is 1. The summed E-state index contributed by atoms with van der Waals surface area (Å²) < 4.78 is 1.88. The van der Waals surface area contributed by atoms with Gasteiger partial charge in [-0.1, -0.05) is 17.8 Å². The summed E-state index contributed by atoms with van der Waals surface area (Å²) in [4.78, 5) is 24.3. The van der Waals surface area contributed by atoms with E-state index in [2.05, 4.69) is 41.3 Å². The highest BCUT2D eigenvalue weighted by atomic mass is 32.2. The van der Waals surface area contributed by atoms with E-state index in [4.69, 9.17) is 0 Å². The van der Waals surface area contributed by atoms with Crippen molar-refractivity contribution in [2.75, 3.05) is 56.5 Å². The lowest BCUT2D eigenvalue weighted by Crippen LogP contribution is -2.50. The molecule has 1 amide bonds. The van der Waals surface area contributed by atoms with Crippen LogP contribution in [0.25, 0.3) is 0 Å². The SMILES string of the molecule is O=C(CSc1nnnn1C1CC1)N1CCCC(CN2CCN(c3ccccn3)CC2)C1.